The standard InChI is InChI=1S/C24H28N6O2/c25-22(31)21-17-27-24(29-23(21)26-16-18-6-2-1-3-7-18)28-19-8-10-20(11-9-19)32-15-14-30-12-4-5-13-30/h1-3,6-11,17H,4-5,12-16H2,(H2,25,31)(H2,26,27,28,29). The third-order valence-electron chi connectivity index (χ3n) is 5.34. The molecule has 1 aliphatic rings. The van der Waals surface area contributed by atoms with Crippen LogP contribution in [0.1, 0.15) is 28.8 Å². The average molecular weight is 433 g/mol. The third kappa shape index (κ3) is 5.95. The summed E-state index contributed by atoms with van der Waals surface area (Å²) >= 11 is 0. The Labute approximate surface area is 187 Å². The van der Waals surface area contributed by atoms with Crippen LogP contribution < -0.4 is 21.1 Å². The average Bonchev–Trinajstić information content (AvgIpc) is 3.33. The molecule has 1 saturated heterocycles. The maximum atomic E-state index is 11.8. The van der Waals surface area contributed by atoms with Crippen LogP contribution in [-0.4, -0.2) is 47.0 Å². The Balaban J connectivity index is 1.36. The molecule has 166 valence electrons. The Morgan fingerprint density at radius 2 is 1.81 bits per heavy atom. The van der Waals surface area contributed by atoms with Crippen LogP contribution in [0.3, 0.4) is 0 Å². The Bertz CT molecular complexity index is 1020. The maximum absolute atomic E-state index is 11.8. The van der Waals surface area contributed by atoms with Crippen LogP contribution in [0.2, 0.25) is 0 Å². The van der Waals surface area contributed by atoms with Gasteiger partial charge in [0.2, 0.25) is 5.95 Å². The van der Waals surface area contributed by atoms with Crippen molar-refractivity contribution < 1.29 is 9.53 Å². The molecular formula is C24H28N6O2. The summed E-state index contributed by atoms with van der Waals surface area (Å²) in [4.78, 5) is 22.9. The van der Waals surface area contributed by atoms with E-state index in [2.05, 4.69) is 25.5 Å². The summed E-state index contributed by atoms with van der Waals surface area (Å²) in [7, 11) is 0. The molecule has 1 aromatic heterocycles. The van der Waals surface area contributed by atoms with Crippen molar-refractivity contribution in [2.45, 2.75) is 19.4 Å². The van der Waals surface area contributed by atoms with Gasteiger partial charge in [-0.15, -0.1) is 0 Å². The molecule has 8 heteroatoms. The molecule has 2 aromatic carbocycles. The second kappa shape index (κ2) is 10.6. The van der Waals surface area contributed by atoms with Crippen molar-refractivity contribution in [3.05, 3.63) is 71.9 Å². The molecule has 0 saturated carbocycles. The lowest BCUT2D eigenvalue weighted by Gasteiger charge is -2.15. The predicted molar refractivity (Wildman–Crippen MR) is 125 cm³/mol. The molecule has 0 bridgehead atoms. The first-order valence-corrected chi connectivity index (χ1v) is 10.8. The SMILES string of the molecule is NC(=O)c1cnc(Nc2ccc(OCCN3CCCC3)cc2)nc1NCc1ccccc1. The van der Waals surface area contributed by atoms with Crippen LogP contribution in [0.25, 0.3) is 0 Å². The number of hydrogen-bond acceptors (Lipinski definition) is 7. The Morgan fingerprint density at radius 1 is 1.06 bits per heavy atom. The molecule has 1 amide bonds. The number of carbonyl (C=O) groups excluding carboxylic acids is 1. The molecule has 8 nitrogen and oxygen atoms in total. The number of ether oxygens (including phenoxy) is 1. The number of amides is 1. The van der Waals surface area contributed by atoms with Gasteiger partial charge in [-0.3, -0.25) is 9.69 Å². The zero-order valence-electron chi connectivity index (χ0n) is 18.0. The minimum atomic E-state index is -0.581. The van der Waals surface area contributed by atoms with Crippen molar-refractivity contribution in [2.75, 3.05) is 36.9 Å². The quantitative estimate of drug-likeness (QED) is 0.451. The first kappa shape index (κ1) is 21.6. The molecular weight excluding hydrogens is 404 g/mol. The third-order valence-corrected chi connectivity index (χ3v) is 5.34. The number of aromatic nitrogens is 2. The van der Waals surface area contributed by atoms with Gasteiger partial charge < -0.3 is 21.1 Å². The van der Waals surface area contributed by atoms with E-state index < -0.39 is 5.91 Å². The molecule has 3 aromatic rings. The van der Waals surface area contributed by atoms with Crippen LogP contribution in [0.15, 0.2) is 60.8 Å². The summed E-state index contributed by atoms with van der Waals surface area (Å²) < 4.78 is 5.85. The molecule has 4 rings (SSSR count). The molecule has 0 spiro atoms. The second-order valence-corrected chi connectivity index (χ2v) is 7.71. The van der Waals surface area contributed by atoms with Crippen LogP contribution >= 0.6 is 0 Å². The predicted octanol–water partition coefficient (Wildman–Crippen LogP) is 3.41. The number of likely N-dealkylation sites (tertiary alicyclic amines) is 1. The molecule has 0 atom stereocenters. The topological polar surface area (TPSA) is 105 Å². The van der Waals surface area contributed by atoms with E-state index in [0.717, 1.165) is 23.5 Å². The van der Waals surface area contributed by atoms with Crippen molar-refractivity contribution >= 4 is 23.4 Å². The van der Waals surface area contributed by atoms with Gasteiger partial charge in [-0.1, -0.05) is 30.3 Å². The smallest absolute Gasteiger partial charge is 0.254 e. The normalized spacial score (nSPS) is 13.6. The lowest BCUT2D eigenvalue weighted by Crippen LogP contribution is -2.25. The van der Waals surface area contributed by atoms with E-state index in [1.165, 1.54) is 32.1 Å². The fraction of sp³-hybridized carbons (Fsp3) is 0.292. The lowest BCUT2D eigenvalue weighted by molar-refractivity contribution is 0.100. The highest BCUT2D eigenvalue weighted by Crippen LogP contribution is 2.21. The highest BCUT2D eigenvalue weighted by molar-refractivity contribution is 5.97. The van der Waals surface area contributed by atoms with Crippen molar-refractivity contribution in [3.8, 4) is 5.75 Å². The van der Waals surface area contributed by atoms with Gasteiger partial charge in [0.15, 0.2) is 0 Å². The summed E-state index contributed by atoms with van der Waals surface area (Å²) in [6.45, 7) is 4.49. The Kier molecular flexibility index (Phi) is 7.14. The number of rotatable bonds is 10. The van der Waals surface area contributed by atoms with E-state index >= 15 is 0 Å². The molecule has 1 fully saturated rings. The lowest BCUT2D eigenvalue weighted by atomic mass is 10.2. The zero-order valence-corrected chi connectivity index (χ0v) is 18.0. The first-order valence-electron chi connectivity index (χ1n) is 10.8. The number of anilines is 3. The number of carbonyl (C=O) groups is 1. The number of nitrogens with one attached hydrogen (secondary N) is 2. The fourth-order valence-electron chi connectivity index (χ4n) is 3.60. The van der Waals surface area contributed by atoms with Crippen LogP contribution in [0.5, 0.6) is 5.75 Å². The fourth-order valence-corrected chi connectivity index (χ4v) is 3.60. The van der Waals surface area contributed by atoms with E-state index in [0.29, 0.717) is 24.9 Å². The minimum Gasteiger partial charge on any atom is -0.492 e. The summed E-state index contributed by atoms with van der Waals surface area (Å²) in [6, 6.07) is 17.5. The van der Waals surface area contributed by atoms with E-state index in [4.69, 9.17) is 10.5 Å². The molecule has 32 heavy (non-hydrogen) atoms. The van der Waals surface area contributed by atoms with Gasteiger partial charge >= 0.3 is 0 Å². The van der Waals surface area contributed by atoms with E-state index in [1.54, 1.807) is 0 Å². The van der Waals surface area contributed by atoms with E-state index in [9.17, 15) is 4.79 Å². The van der Waals surface area contributed by atoms with E-state index in [1.807, 2.05) is 54.6 Å². The van der Waals surface area contributed by atoms with Gasteiger partial charge in [0.1, 0.15) is 18.2 Å². The first-order chi connectivity index (χ1) is 15.7. The maximum Gasteiger partial charge on any atom is 0.254 e. The Hall–Kier alpha value is -3.65. The highest BCUT2D eigenvalue weighted by Gasteiger charge is 2.13. The van der Waals surface area contributed by atoms with Crippen LogP contribution in [0.4, 0.5) is 17.5 Å². The van der Waals surface area contributed by atoms with Crippen molar-refractivity contribution in [1.29, 1.82) is 0 Å². The summed E-state index contributed by atoms with van der Waals surface area (Å²) in [5, 5.41) is 6.34. The van der Waals surface area contributed by atoms with E-state index in [-0.39, 0.29) is 5.56 Å². The molecule has 2 heterocycles. The number of benzene rings is 2. The summed E-state index contributed by atoms with van der Waals surface area (Å²) in [5.74, 6) is 1.00. The van der Waals surface area contributed by atoms with Crippen molar-refractivity contribution in [1.82, 2.24) is 14.9 Å². The molecule has 0 radical (unpaired) electrons. The van der Waals surface area contributed by atoms with Gasteiger partial charge in [-0.05, 0) is 55.8 Å². The summed E-state index contributed by atoms with van der Waals surface area (Å²) in [5.41, 5.74) is 7.61. The number of hydrogen-bond donors (Lipinski definition) is 3. The molecule has 0 aliphatic carbocycles. The monoisotopic (exact) mass is 432 g/mol. The molecule has 0 unspecified atom stereocenters. The number of primary amides is 1. The van der Waals surface area contributed by atoms with Crippen molar-refractivity contribution in [3.63, 3.8) is 0 Å². The molecule has 1 aliphatic heterocycles. The number of nitrogens with zero attached hydrogens (tertiary/aromatic N) is 3. The van der Waals surface area contributed by atoms with Crippen LogP contribution in [-0.2, 0) is 6.54 Å². The zero-order chi connectivity index (χ0) is 22.2. The Morgan fingerprint density at radius 3 is 2.53 bits per heavy atom. The largest absolute Gasteiger partial charge is 0.492 e. The highest BCUT2D eigenvalue weighted by atomic mass is 16.5. The van der Waals surface area contributed by atoms with Gasteiger partial charge in [0.05, 0.1) is 5.56 Å². The van der Waals surface area contributed by atoms with Gasteiger partial charge in [0.25, 0.3) is 5.91 Å². The second-order valence-electron chi connectivity index (χ2n) is 7.71. The molecule has 4 N–H and O–H groups in total. The van der Waals surface area contributed by atoms with Crippen LogP contribution in [0, 0.1) is 0 Å². The summed E-state index contributed by atoms with van der Waals surface area (Å²) in [6.07, 6.45) is 4.00. The van der Waals surface area contributed by atoms with Crippen molar-refractivity contribution in [2.24, 2.45) is 5.73 Å². The van der Waals surface area contributed by atoms with Gasteiger partial charge in [0, 0.05) is 25.0 Å². The van der Waals surface area contributed by atoms with Gasteiger partial charge in [-0.25, -0.2) is 4.98 Å². The van der Waals surface area contributed by atoms with Gasteiger partial charge in [-0.2, -0.15) is 4.98 Å². The minimum absolute atomic E-state index is 0.244. The number of nitrogens with two attached hydrogens (primary N) is 1.